The Morgan fingerprint density at radius 2 is 2.00 bits per heavy atom. The van der Waals surface area contributed by atoms with Crippen molar-refractivity contribution in [2.75, 3.05) is 0 Å². The molecule has 0 aromatic carbocycles. The van der Waals surface area contributed by atoms with Crippen LogP contribution in [0.4, 0.5) is 0 Å². The Morgan fingerprint density at radius 3 is 2.50 bits per heavy atom. The van der Waals surface area contributed by atoms with E-state index in [-0.39, 0.29) is 23.4 Å². The summed E-state index contributed by atoms with van der Waals surface area (Å²) < 4.78 is 0. The van der Waals surface area contributed by atoms with E-state index in [0.717, 1.165) is 25.7 Å². The van der Waals surface area contributed by atoms with Gasteiger partial charge < -0.3 is 11.1 Å². The van der Waals surface area contributed by atoms with Crippen LogP contribution in [0.15, 0.2) is 0 Å². The number of nitrogens with one attached hydrogen (secondary N) is 1. The molecule has 3 nitrogen and oxygen atoms in total. The third-order valence-electron chi connectivity index (χ3n) is 2.58. The van der Waals surface area contributed by atoms with Gasteiger partial charge in [0.05, 0.1) is 0 Å². The van der Waals surface area contributed by atoms with Gasteiger partial charge in [0.25, 0.3) is 0 Å². The summed E-state index contributed by atoms with van der Waals surface area (Å²) in [5, 5.41) is 3.01. The summed E-state index contributed by atoms with van der Waals surface area (Å²) in [4.78, 5) is 11.8. The third-order valence-corrected chi connectivity index (χ3v) is 2.58. The molecular weight excluding hydrogens is 176 g/mol. The number of amides is 1. The molecule has 3 N–H and O–H groups in total. The smallest absolute Gasteiger partial charge is 0.223 e. The molecule has 1 fully saturated rings. The van der Waals surface area contributed by atoms with Crippen LogP contribution in [-0.2, 0) is 4.79 Å². The molecule has 0 aromatic rings. The molecule has 0 aromatic heterocycles. The second-order valence-electron chi connectivity index (χ2n) is 5.36. The molecule has 0 aliphatic heterocycles. The average molecular weight is 198 g/mol. The summed E-state index contributed by atoms with van der Waals surface area (Å²) in [6.45, 7) is 6.02. The van der Waals surface area contributed by atoms with Crippen LogP contribution in [0.25, 0.3) is 0 Å². The van der Waals surface area contributed by atoms with E-state index in [9.17, 15) is 4.79 Å². The Balaban J connectivity index is 2.44. The van der Waals surface area contributed by atoms with Crippen molar-refractivity contribution in [2.45, 2.75) is 58.0 Å². The van der Waals surface area contributed by atoms with Crippen LogP contribution in [0.3, 0.4) is 0 Å². The molecule has 0 saturated heterocycles. The number of hydrogen-bond acceptors (Lipinski definition) is 2. The molecule has 0 radical (unpaired) electrons. The standard InChI is InChI=1S/C11H22N2O/c1-11(2,3)13-10(14)8-5-4-6-9(12)7-8/h8-9H,4-7,12H2,1-3H3,(H,13,14)/t8?,9-/m0/s1. The lowest BCUT2D eigenvalue weighted by molar-refractivity contribution is -0.127. The lowest BCUT2D eigenvalue weighted by atomic mass is 9.85. The van der Waals surface area contributed by atoms with Crippen molar-refractivity contribution in [1.82, 2.24) is 5.32 Å². The highest BCUT2D eigenvalue weighted by molar-refractivity contribution is 5.79. The number of nitrogens with two attached hydrogens (primary N) is 1. The van der Waals surface area contributed by atoms with Crippen LogP contribution >= 0.6 is 0 Å². The number of carbonyl (C=O) groups is 1. The van der Waals surface area contributed by atoms with Crippen molar-refractivity contribution < 1.29 is 4.79 Å². The van der Waals surface area contributed by atoms with Crippen LogP contribution in [0.1, 0.15) is 46.5 Å². The van der Waals surface area contributed by atoms with Crippen LogP contribution in [0, 0.1) is 5.92 Å². The van der Waals surface area contributed by atoms with Gasteiger partial charge in [-0.15, -0.1) is 0 Å². The van der Waals surface area contributed by atoms with Crippen LogP contribution in [0.2, 0.25) is 0 Å². The third kappa shape index (κ3) is 3.66. The molecule has 1 rings (SSSR count). The summed E-state index contributed by atoms with van der Waals surface area (Å²) >= 11 is 0. The monoisotopic (exact) mass is 198 g/mol. The van der Waals surface area contributed by atoms with Crippen LogP contribution in [0.5, 0.6) is 0 Å². The normalized spacial score (nSPS) is 28.6. The lowest BCUT2D eigenvalue weighted by Gasteiger charge is -2.29. The van der Waals surface area contributed by atoms with Crippen LogP contribution in [-0.4, -0.2) is 17.5 Å². The minimum atomic E-state index is -0.126. The Bertz CT molecular complexity index is 208. The van der Waals surface area contributed by atoms with Gasteiger partial charge in [-0.3, -0.25) is 4.79 Å². The van der Waals surface area contributed by atoms with Crippen molar-refractivity contribution in [3.8, 4) is 0 Å². The molecular formula is C11H22N2O. The first-order valence-electron chi connectivity index (χ1n) is 5.46. The summed E-state index contributed by atoms with van der Waals surface area (Å²) in [5.74, 6) is 0.311. The first kappa shape index (κ1) is 11.5. The summed E-state index contributed by atoms with van der Waals surface area (Å²) in [6.07, 6.45) is 4.00. The predicted molar refractivity (Wildman–Crippen MR) is 57.8 cm³/mol. The summed E-state index contributed by atoms with van der Waals surface area (Å²) in [6, 6.07) is 0.222. The molecule has 1 amide bonds. The topological polar surface area (TPSA) is 55.1 Å². The molecule has 1 saturated carbocycles. The SMILES string of the molecule is CC(C)(C)NC(=O)C1CCC[C@H](N)C1. The van der Waals surface area contributed by atoms with E-state index in [0.29, 0.717) is 0 Å². The van der Waals surface area contributed by atoms with Gasteiger partial charge in [-0.2, -0.15) is 0 Å². The van der Waals surface area contributed by atoms with E-state index < -0.39 is 0 Å². The lowest BCUT2D eigenvalue weighted by Crippen LogP contribution is -2.46. The Labute approximate surface area is 86.4 Å². The van der Waals surface area contributed by atoms with E-state index >= 15 is 0 Å². The van der Waals surface area contributed by atoms with E-state index in [1.54, 1.807) is 0 Å². The Kier molecular flexibility index (Phi) is 3.53. The van der Waals surface area contributed by atoms with Gasteiger partial charge in [-0.05, 0) is 40.0 Å². The van der Waals surface area contributed by atoms with Gasteiger partial charge in [0.1, 0.15) is 0 Å². The van der Waals surface area contributed by atoms with Crippen molar-refractivity contribution in [3.05, 3.63) is 0 Å². The molecule has 1 aliphatic carbocycles. The second-order valence-corrected chi connectivity index (χ2v) is 5.36. The minimum Gasteiger partial charge on any atom is -0.351 e. The van der Waals surface area contributed by atoms with Crippen molar-refractivity contribution >= 4 is 5.91 Å². The molecule has 3 heteroatoms. The van der Waals surface area contributed by atoms with E-state index in [1.807, 2.05) is 20.8 Å². The molecule has 1 aliphatic rings. The maximum absolute atomic E-state index is 11.8. The van der Waals surface area contributed by atoms with E-state index in [1.165, 1.54) is 0 Å². The highest BCUT2D eigenvalue weighted by atomic mass is 16.2. The van der Waals surface area contributed by atoms with E-state index in [2.05, 4.69) is 5.32 Å². The fraction of sp³-hybridized carbons (Fsp3) is 0.909. The fourth-order valence-corrected chi connectivity index (χ4v) is 1.94. The average Bonchev–Trinajstić information content (AvgIpc) is 2.01. The molecule has 82 valence electrons. The number of hydrogen-bond donors (Lipinski definition) is 2. The Morgan fingerprint density at radius 1 is 1.36 bits per heavy atom. The molecule has 0 heterocycles. The zero-order valence-electron chi connectivity index (χ0n) is 9.47. The quantitative estimate of drug-likeness (QED) is 0.669. The first-order valence-corrected chi connectivity index (χ1v) is 5.46. The summed E-state index contributed by atoms with van der Waals surface area (Å²) in [7, 11) is 0. The zero-order chi connectivity index (χ0) is 10.8. The van der Waals surface area contributed by atoms with Gasteiger partial charge >= 0.3 is 0 Å². The van der Waals surface area contributed by atoms with Crippen molar-refractivity contribution in [3.63, 3.8) is 0 Å². The largest absolute Gasteiger partial charge is 0.351 e. The molecule has 2 atom stereocenters. The van der Waals surface area contributed by atoms with Gasteiger partial charge in [-0.1, -0.05) is 6.42 Å². The van der Waals surface area contributed by atoms with Gasteiger partial charge in [0, 0.05) is 17.5 Å². The zero-order valence-corrected chi connectivity index (χ0v) is 9.47. The number of rotatable bonds is 1. The van der Waals surface area contributed by atoms with Crippen LogP contribution < -0.4 is 11.1 Å². The second kappa shape index (κ2) is 4.30. The Hall–Kier alpha value is -0.570. The predicted octanol–water partition coefficient (Wildman–Crippen LogP) is 1.42. The van der Waals surface area contributed by atoms with Gasteiger partial charge in [0.2, 0.25) is 5.91 Å². The summed E-state index contributed by atoms with van der Waals surface area (Å²) in [5.41, 5.74) is 5.72. The molecule has 0 spiro atoms. The molecule has 0 bridgehead atoms. The maximum atomic E-state index is 11.8. The van der Waals surface area contributed by atoms with E-state index in [4.69, 9.17) is 5.73 Å². The first-order chi connectivity index (χ1) is 6.38. The van der Waals surface area contributed by atoms with Crippen molar-refractivity contribution in [2.24, 2.45) is 11.7 Å². The fourth-order valence-electron chi connectivity index (χ4n) is 1.94. The molecule has 14 heavy (non-hydrogen) atoms. The van der Waals surface area contributed by atoms with Gasteiger partial charge in [0.15, 0.2) is 0 Å². The highest BCUT2D eigenvalue weighted by Gasteiger charge is 2.27. The minimum absolute atomic E-state index is 0.126. The highest BCUT2D eigenvalue weighted by Crippen LogP contribution is 2.23. The number of carbonyl (C=O) groups excluding carboxylic acids is 1. The van der Waals surface area contributed by atoms with Gasteiger partial charge in [-0.25, -0.2) is 0 Å². The molecule has 1 unspecified atom stereocenters. The van der Waals surface area contributed by atoms with Crippen molar-refractivity contribution in [1.29, 1.82) is 0 Å². The maximum Gasteiger partial charge on any atom is 0.223 e.